The number of amides is 2. The Morgan fingerprint density at radius 1 is 1.09 bits per heavy atom. The number of thiazole rings is 1. The largest absolute Gasteiger partial charge is 0.480 e. The van der Waals surface area contributed by atoms with Gasteiger partial charge < -0.3 is 20.5 Å². The second-order valence-electron chi connectivity index (χ2n) is 8.28. The lowest BCUT2D eigenvalue weighted by atomic mass is 9.98. The number of rotatable bonds is 10. The van der Waals surface area contributed by atoms with E-state index in [0.29, 0.717) is 30.8 Å². The van der Waals surface area contributed by atoms with E-state index < -0.39 is 24.0 Å². The molecule has 3 N–H and O–H groups in total. The number of fused-ring (bicyclic) bond motifs is 3. The summed E-state index contributed by atoms with van der Waals surface area (Å²) in [5.74, 6) is -1.59. The highest BCUT2D eigenvalue weighted by Crippen LogP contribution is 2.44. The number of ether oxygens (including phenoxy) is 1. The highest BCUT2D eigenvalue weighted by atomic mass is 32.1. The number of aliphatic carboxylic acids is 1. The van der Waals surface area contributed by atoms with E-state index >= 15 is 0 Å². The second-order valence-corrected chi connectivity index (χ2v) is 9.22. The lowest BCUT2D eigenvalue weighted by molar-refractivity contribution is -0.139. The molecule has 182 valence electrons. The van der Waals surface area contributed by atoms with Crippen LogP contribution in [-0.4, -0.2) is 47.3 Å². The minimum atomic E-state index is -1.07. The molecule has 1 aliphatic carbocycles. The zero-order valence-electron chi connectivity index (χ0n) is 19.3. The third-order valence-electron chi connectivity index (χ3n) is 5.92. The van der Waals surface area contributed by atoms with E-state index in [2.05, 4.69) is 39.9 Å². The number of carboxylic acids is 1. The number of carbonyl (C=O) groups excluding carboxylic acids is 2. The van der Waals surface area contributed by atoms with Gasteiger partial charge in [0.25, 0.3) is 5.91 Å². The van der Waals surface area contributed by atoms with Crippen LogP contribution in [0.4, 0.5) is 4.79 Å². The topological polar surface area (TPSA) is 118 Å². The van der Waals surface area contributed by atoms with Crippen molar-refractivity contribution in [3.63, 3.8) is 0 Å². The highest BCUT2D eigenvalue weighted by molar-refractivity contribution is 7.09. The van der Waals surface area contributed by atoms with Crippen molar-refractivity contribution in [3.05, 3.63) is 75.7 Å². The monoisotopic (exact) mass is 493 g/mol. The fourth-order valence-corrected chi connectivity index (χ4v) is 5.01. The van der Waals surface area contributed by atoms with Crippen molar-refractivity contribution in [2.45, 2.75) is 38.1 Å². The molecule has 9 heteroatoms. The fraction of sp³-hybridized carbons (Fsp3) is 0.308. The Morgan fingerprint density at radius 2 is 1.74 bits per heavy atom. The SMILES string of the molecule is CCC[C@@H](NC(=O)c1csc(CCNC(=O)OCC2c3ccccc3-c3ccccc32)n1)C(=O)O. The van der Waals surface area contributed by atoms with Gasteiger partial charge in [-0.15, -0.1) is 11.3 Å². The molecule has 0 unspecified atom stereocenters. The second kappa shape index (κ2) is 11.1. The molecule has 0 fully saturated rings. The van der Waals surface area contributed by atoms with Crippen molar-refractivity contribution in [2.24, 2.45) is 0 Å². The molecule has 0 aliphatic heterocycles. The van der Waals surface area contributed by atoms with Crippen LogP contribution in [0.25, 0.3) is 11.1 Å². The van der Waals surface area contributed by atoms with Crippen LogP contribution in [0.1, 0.15) is 52.3 Å². The maximum Gasteiger partial charge on any atom is 0.407 e. The first-order valence-electron chi connectivity index (χ1n) is 11.5. The Kier molecular flexibility index (Phi) is 7.77. The molecular formula is C26H27N3O5S. The van der Waals surface area contributed by atoms with Gasteiger partial charge in [-0.25, -0.2) is 14.6 Å². The molecule has 1 aliphatic rings. The lowest BCUT2D eigenvalue weighted by Gasteiger charge is -2.14. The first kappa shape index (κ1) is 24.4. The quantitative estimate of drug-likeness (QED) is 0.390. The third-order valence-corrected chi connectivity index (χ3v) is 6.83. The van der Waals surface area contributed by atoms with E-state index in [1.54, 1.807) is 5.38 Å². The summed E-state index contributed by atoms with van der Waals surface area (Å²) in [6.45, 7) is 2.40. The lowest BCUT2D eigenvalue weighted by Crippen LogP contribution is -2.40. The normalized spacial score (nSPS) is 12.9. The maximum absolute atomic E-state index is 12.3. The Balaban J connectivity index is 1.25. The van der Waals surface area contributed by atoms with Crippen molar-refractivity contribution in [3.8, 4) is 11.1 Å². The van der Waals surface area contributed by atoms with Crippen molar-refractivity contribution < 1.29 is 24.2 Å². The van der Waals surface area contributed by atoms with Gasteiger partial charge in [0.05, 0.1) is 5.01 Å². The number of hydrogen-bond donors (Lipinski definition) is 3. The van der Waals surface area contributed by atoms with E-state index in [4.69, 9.17) is 4.74 Å². The van der Waals surface area contributed by atoms with E-state index in [0.717, 1.165) is 11.1 Å². The van der Waals surface area contributed by atoms with E-state index in [1.165, 1.54) is 22.5 Å². The summed E-state index contributed by atoms with van der Waals surface area (Å²) in [5.41, 5.74) is 4.82. The van der Waals surface area contributed by atoms with Gasteiger partial charge in [0.1, 0.15) is 18.3 Å². The molecule has 0 bridgehead atoms. The molecule has 2 aromatic carbocycles. The van der Waals surface area contributed by atoms with Crippen LogP contribution in [0, 0.1) is 0 Å². The van der Waals surface area contributed by atoms with Crippen molar-refractivity contribution >= 4 is 29.3 Å². The fourth-order valence-electron chi connectivity index (χ4n) is 4.23. The molecule has 0 saturated heterocycles. The molecule has 0 spiro atoms. The van der Waals surface area contributed by atoms with E-state index in [-0.39, 0.29) is 18.2 Å². The maximum atomic E-state index is 12.3. The van der Waals surface area contributed by atoms with Crippen LogP contribution in [0.3, 0.4) is 0 Å². The molecule has 4 rings (SSSR count). The average molecular weight is 494 g/mol. The molecule has 0 radical (unpaired) electrons. The summed E-state index contributed by atoms with van der Waals surface area (Å²) < 4.78 is 5.52. The van der Waals surface area contributed by atoms with Gasteiger partial charge in [-0.05, 0) is 28.7 Å². The van der Waals surface area contributed by atoms with Crippen LogP contribution >= 0.6 is 11.3 Å². The van der Waals surface area contributed by atoms with Gasteiger partial charge in [0.2, 0.25) is 0 Å². The van der Waals surface area contributed by atoms with E-state index in [1.807, 2.05) is 31.2 Å². The number of benzene rings is 2. The molecular weight excluding hydrogens is 466 g/mol. The van der Waals surface area contributed by atoms with Gasteiger partial charge in [0.15, 0.2) is 0 Å². The summed E-state index contributed by atoms with van der Waals surface area (Å²) in [4.78, 5) is 40.1. The minimum Gasteiger partial charge on any atom is -0.480 e. The van der Waals surface area contributed by atoms with Gasteiger partial charge >= 0.3 is 12.1 Å². The minimum absolute atomic E-state index is 0.00415. The molecule has 3 aromatic rings. The van der Waals surface area contributed by atoms with Gasteiger partial charge in [0, 0.05) is 24.3 Å². The van der Waals surface area contributed by atoms with Crippen molar-refractivity contribution in [2.75, 3.05) is 13.2 Å². The van der Waals surface area contributed by atoms with Gasteiger partial charge in [-0.1, -0.05) is 61.9 Å². The number of alkyl carbamates (subject to hydrolysis) is 1. The summed E-state index contributed by atoms with van der Waals surface area (Å²) in [5, 5.41) is 16.7. The standard InChI is InChI=1S/C26H27N3O5S/c1-2-7-21(25(31)32)29-24(30)22-15-35-23(28-22)12-13-27-26(33)34-14-20-18-10-5-3-8-16(18)17-9-4-6-11-19(17)20/h3-6,8-11,15,20-21H,2,7,12-14H2,1H3,(H,27,33)(H,29,30)(H,31,32)/t21-/m1/s1. The third kappa shape index (κ3) is 5.68. The average Bonchev–Trinajstić information content (AvgIpc) is 3.45. The predicted octanol–water partition coefficient (Wildman–Crippen LogP) is 4.21. The Hall–Kier alpha value is -3.72. The zero-order chi connectivity index (χ0) is 24.8. The Bertz CT molecular complexity index is 1180. The van der Waals surface area contributed by atoms with Crippen molar-refractivity contribution in [1.82, 2.24) is 15.6 Å². The molecule has 0 saturated carbocycles. The molecule has 2 amide bonds. The van der Waals surface area contributed by atoms with Gasteiger partial charge in [-0.2, -0.15) is 0 Å². The van der Waals surface area contributed by atoms with Crippen LogP contribution in [0.15, 0.2) is 53.9 Å². The molecule has 1 heterocycles. The first-order valence-corrected chi connectivity index (χ1v) is 12.4. The number of nitrogens with one attached hydrogen (secondary N) is 2. The van der Waals surface area contributed by atoms with E-state index in [9.17, 15) is 19.5 Å². The molecule has 8 nitrogen and oxygen atoms in total. The summed E-state index contributed by atoms with van der Waals surface area (Å²) in [6, 6.07) is 15.4. The number of hydrogen-bond acceptors (Lipinski definition) is 6. The molecule has 1 aromatic heterocycles. The van der Waals surface area contributed by atoms with Crippen LogP contribution in [-0.2, 0) is 16.0 Å². The molecule has 35 heavy (non-hydrogen) atoms. The summed E-state index contributed by atoms with van der Waals surface area (Å²) in [6.07, 6.45) is 0.910. The number of carbonyl (C=O) groups is 3. The summed E-state index contributed by atoms with van der Waals surface area (Å²) in [7, 11) is 0. The van der Waals surface area contributed by atoms with Crippen molar-refractivity contribution in [1.29, 1.82) is 0 Å². The molecule has 1 atom stereocenters. The number of nitrogens with zero attached hydrogens (tertiary/aromatic N) is 1. The highest BCUT2D eigenvalue weighted by Gasteiger charge is 2.29. The first-order chi connectivity index (χ1) is 17.0. The zero-order valence-corrected chi connectivity index (χ0v) is 20.1. The van der Waals surface area contributed by atoms with Crippen LogP contribution in [0.2, 0.25) is 0 Å². The van der Waals surface area contributed by atoms with Crippen LogP contribution in [0.5, 0.6) is 0 Å². The van der Waals surface area contributed by atoms with Crippen LogP contribution < -0.4 is 10.6 Å². The smallest absolute Gasteiger partial charge is 0.407 e. The predicted molar refractivity (Wildman–Crippen MR) is 133 cm³/mol. The number of aromatic nitrogens is 1. The Labute approximate surface area is 207 Å². The number of carboxylic acid groups (broad SMARTS) is 1. The summed E-state index contributed by atoms with van der Waals surface area (Å²) >= 11 is 1.29. The Morgan fingerprint density at radius 3 is 2.37 bits per heavy atom. The van der Waals surface area contributed by atoms with Gasteiger partial charge in [-0.3, -0.25) is 4.79 Å².